The van der Waals surface area contributed by atoms with Gasteiger partial charge in [-0.25, -0.2) is 4.68 Å². The minimum Gasteiger partial charge on any atom is -0.383 e. The third-order valence-corrected chi connectivity index (χ3v) is 3.26. The van der Waals surface area contributed by atoms with E-state index < -0.39 is 0 Å². The molecule has 0 fully saturated rings. The van der Waals surface area contributed by atoms with Crippen LogP contribution in [0.25, 0.3) is 5.57 Å². The van der Waals surface area contributed by atoms with Crippen molar-refractivity contribution in [3.8, 4) is 0 Å². The van der Waals surface area contributed by atoms with E-state index in [-0.39, 0.29) is 17.4 Å². The number of nitrogens with zero attached hydrogens (tertiary/aromatic N) is 3. The van der Waals surface area contributed by atoms with Gasteiger partial charge in [-0.2, -0.15) is 5.10 Å². The fourth-order valence-electron chi connectivity index (χ4n) is 2.18. The van der Waals surface area contributed by atoms with Crippen molar-refractivity contribution in [3.05, 3.63) is 70.3 Å². The Kier molecular flexibility index (Phi) is 5.11. The maximum absolute atomic E-state index is 12.8. The second-order valence-electron chi connectivity index (χ2n) is 5.80. The van der Waals surface area contributed by atoms with Gasteiger partial charge in [-0.15, -0.1) is 0 Å². The Morgan fingerprint density at radius 2 is 1.78 bits per heavy atom. The molecule has 120 valence electrons. The number of allylic oxidation sites excluding steroid dienone is 1. The normalized spacial score (nSPS) is 11.6. The number of carbonyl (C=O) groups excluding carboxylic acids is 1. The van der Waals surface area contributed by atoms with Gasteiger partial charge >= 0.3 is 0 Å². The Bertz CT molecular complexity index is 774. The number of benzene rings is 1. The van der Waals surface area contributed by atoms with Crippen molar-refractivity contribution in [2.75, 3.05) is 14.1 Å². The summed E-state index contributed by atoms with van der Waals surface area (Å²) in [5.74, 6) is -0.124. The zero-order valence-electron chi connectivity index (χ0n) is 13.9. The first-order valence-electron chi connectivity index (χ1n) is 7.48. The molecule has 1 heterocycles. The molecular weight excluding hydrogens is 290 g/mol. The minimum atomic E-state index is -0.180. The summed E-state index contributed by atoms with van der Waals surface area (Å²) in [6.07, 6.45) is 1.73. The Morgan fingerprint density at radius 3 is 2.35 bits per heavy atom. The monoisotopic (exact) mass is 311 g/mol. The molecule has 0 saturated carbocycles. The third kappa shape index (κ3) is 3.94. The van der Waals surface area contributed by atoms with Crippen molar-refractivity contribution in [1.29, 1.82) is 0 Å². The number of aromatic nitrogens is 2. The van der Waals surface area contributed by atoms with Gasteiger partial charge in [0, 0.05) is 31.9 Å². The van der Waals surface area contributed by atoms with Crippen molar-refractivity contribution in [2.45, 2.75) is 19.9 Å². The molecule has 2 aromatic rings. The van der Waals surface area contributed by atoms with Crippen LogP contribution in [-0.2, 0) is 0 Å². The average Bonchev–Trinajstić information content (AvgIpc) is 2.53. The number of hydrogen-bond acceptors (Lipinski definition) is 4. The van der Waals surface area contributed by atoms with Crippen LogP contribution in [0.4, 0.5) is 0 Å². The molecule has 0 N–H and O–H groups in total. The maximum atomic E-state index is 12.8. The number of carbonyl (C=O) groups is 1. The maximum Gasteiger partial charge on any atom is 0.267 e. The van der Waals surface area contributed by atoms with Crippen LogP contribution >= 0.6 is 0 Å². The van der Waals surface area contributed by atoms with E-state index >= 15 is 0 Å². The summed E-state index contributed by atoms with van der Waals surface area (Å²) in [6, 6.07) is 12.0. The quantitative estimate of drug-likeness (QED) is 0.629. The highest BCUT2D eigenvalue weighted by molar-refractivity contribution is 6.28. The van der Waals surface area contributed by atoms with Gasteiger partial charge in [-0.1, -0.05) is 30.3 Å². The molecule has 0 aliphatic carbocycles. The predicted molar refractivity (Wildman–Crippen MR) is 91.3 cm³/mol. The second kappa shape index (κ2) is 7.05. The van der Waals surface area contributed by atoms with Gasteiger partial charge in [0.1, 0.15) is 0 Å². The van der Waals surface area contributed by atoms with Crippen molar-refractivity contribution < 1.29 is 4.79 Å². The Morgan fingerprint density at radius 1 is 1.13 bits per heavy atom. The van der Waals surface area contributed by atoms with Crippen LogP contribution in [0.5, 0.6) is 0 Å². The largest absolute Gasteiger partial charge is 0.383 e. The van der Waals surface area contributed by atoms with E-state index in [0.717, 1.165) is 0 Å². The molecule has 0 aliphatic rings. The lowest BCUT2D eigenvalue weighted by atomic mass is 10.0. The second-order valence-corrected chi connectivity index (χ2v) is 5.80. The molecule has 1 aromatic carbocycles. The van der Waals surface area contributed by atoms with Crippen LogP contribution in [0.3, 0.4) is 0 Å². The highest BCUT2D eigenvalue weighted by Crippen LogP contribution is 2.18. The molecule has 0 unspecified atom stereocenters. The third-order valence-electron chi connectivity index (χ3n) is 3.26. The fourth-order valence-corrected chi connectivity index (χ4v) is 2.18. The van der Waals surface area contributed by atoms with E-state index in [2.05, 4.69) is 5.10 Å². The highest BCUT2D eigenvalue weighted by atomic mass is 16.1. The Balaban J connectivity index is 2.55. The van der Waals surface area contributed by atoms with Crippen LogP contribution in [0.1, 0.15) is 35.9 Å². The number of Topliss-reactive ketones (excluding diaryl/α,β-unsaturated/α-hetero) is 1. The average molecular weight is 311 g/mol. The molecule has 0 spiro atoms. The van der Waals surface area contributed by atoms with E-state index in [4.69, 9.17) is 0 Å². The van der Waals surface area contributed by atoms with Crippen molar-refractivity contribution in [3.63, 3.8) is 0 Å². The van der Waals surface area contributed by atoms with Gasteiger partial charge in [0.2, 0.25) is 0 Å². The highest BCUT2D eigenvalue weighted by Gasteiger charge is 2.17. The smallest absolute Gasteiger partial charge is 0.267 e. The number of rotatable bonds is 5. The van der Waals surface area contributed by atoms with Gasteiger partial charge in [-0.3, -0.25) is 9.59 Å². The molecule has 0 atom stereocenters. The van der Waals surface area contributed by atoms with Crippen molar-refractivity contribution >= 4 is 11.4 Å². The topological polar surface area (TPSA) is 55.2 Å². The van der Waals surface area contributed by atoms with Crippen LogP contribution in [0.15, 0.2) is 53.5 Å². The lowest BCUT2D eigenvalue weighted by Gasteiger charge is -2.14. The van der Waals surface area contributed by atoms with Crippen LogP contribution in [0, 0.1) is 0 Å². The van der Waals surface area contributed by atoms with E-state index in [1.165, 1.54) is 10.7 Å². The molecule has 0 radical (unpaired) electrons. The van der Waals surface area contributed by atoms with Crippen LogP contribution in [0.2, 0.25) is 0 Å². The minimum absolute atomic E-state index is 0.0742. The SMILES string of the molecule is CC(C)n1nc(/C(=C\N(C)C)C(=O)c2ccccc2)ccc1=O. The Labute approximate surface area is 135 Å². The summed E-state index contributed by atoms with van der Waals surface area (Å²) in [5, 5.41) is 4.36. The van der Waals surface area contributed by atoms with E-state index in [1.807, 2.05) is 46.1 Å². The van der Waals surface area contributed by atoms with Gasteiger partial charge in [-0.05, 0) is 19.9 Å². The summed E-state index contributed by atoms with van der Waals surface area (Å²) in [5.41, 5.74) is 1.35. The predicted octanol–water partition coefficient (Wildman–Crippen LogP) is 2.61. The lowest BCUT2D eigenvalue weighted by molar-refractivity contribution is 0.105. The molecule has 23 heavy (non-hydrogen) atoms. The molecular formula is C18H21N3O2. The molecule has 0 bridgehead atoms. The first-order chi connectivity index (χ1) is 10.9. The first-order valence-corrected chi connectivity index (χ1v) is 7.48. The van der Waals surface area contributed by atoms with Gasteiger partial charge in [0.15, 0.2) is 5.78 Å². The van der Waals surface area contributed by atoms with E-state index in [0.29, 0.717) is 16.8 Å². The van der Waals surface area contributed by atoms with Gasteiger partial charge < -0.3 is 4.90 Å². The van der Waals surface area contributed by atoms with E-state index in [1.54, 1.807) is 29.3 Å². The molecule has 5 nitrogen and oxygen atoms in total. The fraction of sp³-hybridized carbons (Fsp3) is 0.278. The lowest BCUT2D eigenvalue weighted by Crippen LogP contribution is -2.25. The van der Waals surface area contributed by atoms with Crippen molar-refractivity contribution in [2.24, 2.45) is 0 Å². The summed E-state index contributed by atoms with van der Waals surface area (Å²) < 4.78 is 1.39. The summed E-state index contributed by atoms with van der Waals surface area (Å²) in [7, 11) is 3.69. The Hall–Kier alpha value is -2.69. The molecule has 0 amide bonds. The summed E-state index contributed by atoms with van der Waals surface area (Å²) in [6.45, 7) is 3.76. The van der Waals surface area contributed by atoms with Crippen molar-refractivity contribution in [1.82, 2.24) is 14.7 Å². The summed E-state index contributed by atoms with van der Waals surface area (Å²) in [4.78, 5) is 26.5. The van der Waals surface area contributed by atoms with E-state index in [9.17, 15) is 9.59 Å². The molecule has 1 aromatic heterocycles. The molecule has 5 heteroatoms. The van der Waals surface area contributed by atoms with Gasteiger partial charge in [0.05, 0.1) is 17.3 Å². The van der Waals surface area contributed by atoms with Gasteiger partial charge in [0.25, 0.3) is 5.56 Å². The number of hydrogen-bond donors (Lipinski definition) is 0. The molecule has 0 saturated heterocycles. The standard InChI is InChI=1S/C18H21N3O2/c1-13(2)21-17(22)11-10-16(19-21)15(12-20(3)4)18(23)14-8-6-5-7-9-14/h5-13H,1-4H3/b15-12+. The van der Waals surface area contributed by atoms with Crippen LogP contribution < -0.4 is 5.56 Å². The number of ketones is 1. The van der Waals surface area contributed by atoms with Crippen LogP contribution in [-0.4, -0.2) is 34.6 Å². The molecule has 0 aliphatic heterocycles. The zero-order valence-corrected chi connectivity index (χ0v) is 13.9. The first kappa shape index (κ1) is 16.7. The molecule has 2 rings (SSSR count). The zero-order chi connectivity index (χ0) is 17.0. The summed E-state index contributed by atoms with van der Waals surface area (Å²) >= 11 is 0.